The topological polar surface area (TPSA) is 18.5 Å². The van der Waals surface area contributed by atoms with E-state index >= 15 is 0 Å². The lowest BCUT2D eigenvalue weighted by Crippen LogP contribution is -2.09. The van der Waals surface area contributed by atoms with Gasteiger partial charge < -0.3 is 9.47 Å². The fourth-order valence-electron chi connectivity index (χ4n) is 1.88. The molecule has 0 heterocycles. The van der Waals surface area contributed by atoms with E-state index in [1.165, 1.54) is 5.56 Å². The second-order valence-corrected chi connectivity index (χ2v) is 6.61. The van der Waals surface area contributed by atoms with Crippen LogP contribution in [0.15, 0.2) is 30.9 Å². The highest BCUT2D eigenvalue weighted by atomic mass is 16.5. The lowest BCUT2D eigenvalue weighted by atomic mass is 10.0. The van der Waals surface area contributed by atoms with Gasteiger partial charge in [-0.05, 0) is 41.9 Å². The Labute approximate surface area is 130 Å². The fraction of sp³-hybridized carbons (Fsp3) is 0.579. The summed E-state index contributed by atoms with van der Waals surface area (Å²) < 4.78 is 11.8. The van der Waals surface area contributed by atoms with E-state index in [1.807, 2.05) is 12.1 Å². The van der Waals surface area contributed by atoms with Crippen LogP contribution in [-0.2, 0) is 6.42 Å². The summed E-state index contributed by atoms with van der Waals surface area (Å²) in [4.78, 5) is 0. The van der Waals surface area contributed by atoms with Crippen LogP contribution in [-0.4, -0.2) is 13.2 Å². The van der Waals surface area contributed by atoms with E-state index in [2.05, 4.69) is 53.3 Å². The van der Waals surface area contributed by atoms with Gasteiger partial charge in [-0.15, -0.1) is 6.58 Å². The lowest BCUT2D eigenvalue weighted by Gasteiger charge is -2.17. The lowest BCUT2D eigenvalue weighted by molar-refractivity contribution is 0.229. The molecule has 0 saturated carbocycles. The first-order valence-corrected chi connectivity index (χ1v) is 7.93. The van der Waals surface area contributed by atoms with E-state index in [0.29, 0.717) is 31.0 Å². The standard InChI is InChI=1S/C19H30O2/c1-7-16(6)10-17-8-9-18(20-12-14(2)3)19(11-17)21-13-15(4)5/h7-9,11,14-16H,1,10,12-13H2,2-6H3. The zero-order chi connectivity index (χ0) is 15.8. The van der Waals surface area contributed by atoms with Crippen molar-refractivity contribution in [1.82, 2.24) is 0 Å². The monoisotopic (exact) mass is 290 g/mol. The largest absolute Gasteiger partial charge is 0.489 e. The van der Waals surface area contributed by atoms with Crippen molar-refractivity contribution in [3.05, 3.63) is 36.4 Å². The van der Waals surface area contributed by atoms with E-state index < -0.39 is 0 Å². The molecule has 0 aromatic heterocycles. The molecule has 1 unspecified atom stereocenters. The second kappa shape index (κ2) is 8.76. The molecule has 0 amide bonds. The molecule has 0 spiro atoms. The van der Waals surface area contributed by atoms with E-state index in [9.17, 15) is 0 Å². The van der Waals surface area contributed by atoms with Gasteiger partial charge >= 0.3 is 0 Å². The van der Waals surface area contributed by atoms with E-state index in [-0.39, 0.29) is 0 Å². The fourth-order valence-corrected chi connectivity index (χ4v) is 1.88. The number of hydrogen-bond acceptors (Lipinski definition) is 2. The van der Waals surface area contributed by atoms with Gasteiger partial charge in [-0.2, -0.15) is 0 Å². The van der Waals surface area contributed by atoms with Crippen molar-refractivity contribution in [3.8, 4) is 11.5 Å². The molecule has 1 aromatic carbocycles. The average molecular weight is 290 g/mol. The van der Waals surface area contributed by atoms with Crippen LogP contribution in [0.3, 0.4) is 0 Å². The molecule has 0 fully saturated rings. The molecule has 1 rings (SSSR count). The van der Waals surface area contributed by atoms with Gasteiger partial charge in [0.15, 0.2) is 11.5 Å². The molecule has 2 heteroatoms. The highest BCUT2D eigenvalue weighted by molar-refractivity contribution is 5.43. The van der Waals surface area contributed by atoms with Gasteiger partial charge in [0.05, 0.1) is 13.2 Å². The summed E-state index contributed by atoms with van der Waals surface area (Å²) in [5.41, 5.74) is 1.26. The minimum Gasteiger partial charge on any atom is -0.489 e. The molecule has 2 nitrogen and oxygen atoms in total. The van der Waals surface area contributed by atoms with Gasteiger partial charge in [0.2, 0.25) is 0 Å². The summed E-state index contributed by atoms with van der Waals surface area (Å²) >= 11 is 0. The highest BCUT2D eigenvalue weighted by Crippen LogP contribution is 2.30. The first-order valence-electron chi connectivity index (χ1n) is 7.93. The molecule has 0 radical (unpaired) electrons. The molecular formula is C19H30O2. The van der Waals surface area contributed by atoms with Gasteiger partial charge in [0, 0.05) is 0 Å². The summed E-state index contributed by atoms with van der Waals surface area (Å²) in [5, 5.41) is 0. The molecule has 0 saturated heterocycles. The Hall–Kier alpha value is -1.44. The average Bonchev–Trinajstić information content (AvgIpc) is 2.43. The second-order valence-electron chi connectivity index (χ2n) is 6.61. The maximum atomic E-state index is 5.94. The van der Waals surface area contributed by atoms with Crippen LogP contribution in [0.25, 0.3) is 0 Å². The van der Waals surface area contributed by atoms with Crippen LogP contribution in [0.4, 0.5) is 0 Å². The Kier molecular flexibility index (Phi) is 7.35. The van der Waals surface area contributed by atoms with Crippen LogP contribution >= 0.6 is 0 Å². The third-order valence-corrected chi connectivity index (χ3v) is 3.11. The van der Waals surface area contributed by atoms with Crippen molar-refractivity contribution in [2.24, 2.45) is 17.8 Å². The maximum Gasteiger partial charge on any atom is 0.161 e. The van der Waals surface area contributed by atoms with E-state index in [0.717, 1.165) is 17.9 Å². The summed E-state index contributed by atoms with van der Waals surface area (Å²) in [6.07, 6.45) is 2.96. The van der Waals surface area contributed by atoms with Gasteiger partial charge in [0.25, 0.3) is 0 Å². The van der Waals surface area contributed by atoms with Crippen LogP contribution in [0.1, 0.15) is 40.2 Å². The predicted octanol–water partition coefficient (Wildman–Crippen LogP) is 5.12. The summed E-state index contributed by atoms with van der Waals surface area (Å²) in [5.74, 6) is 3.17. The number of benzene rings is 1. The number of allylic oxidation sites excluding steroid dienone is 1. The molecule has 1 atom stereocenters. The molecule has 21 heavy (non-hydrogen) atoms. The van der Waals surface area contributed by atoms with Gasteiger partial charge in [-0.1, -0.05) is 46.8 Å². The predicted molar refractivity (Wildman–Crippen MR) is 90.2 cm³/mol. The molecule has 0 bridgehead atoms. The van der Waals surface area contributed by atoms with Gasteiger partial charge in [-0.25, -0.2) is 0 Å². The third-order valence-electron chi connectivity index (χ3n) is 3.11. The molecular weight excluding hydrogens is 260 g/mol. The Balaban J connectivity index is 2.87. The Morgan fingerprint density at radius 2 is 1.52 bits per heavy atom. The summed E-state index contributed by atoms with van der Waals surface area (Å²) in [6, 6.07) is 6.26. The molecule has 0 N–H and O–H groups in total. The van der Waals surface area contributed by atoms with Gasteiger partial charge in [-0.3, -0.25) is 0 Å². The van der Waals surface area contributed by atoms with Gasteiger partial charge in [0.1, 0.15) is 0 Å². The first-order chi connectivity index (χ1) is 9.92. The first kappa shape index (κ1) is 17.6. The minimum atomic E-state index is 0.463. The maximum absolute atomic E-state index is 5.94. The van der Waals surface area contributed by atoms with Crippen LogP contribution in [0.2, 0.25) is 0 Å². The quantitative estimate of drug-likeness (QED) is 0.588. The Morgan fingerprint density at radius 3 is 2.05 bits per heavy atom. The molecule has 0 aliphatic carbocycles. The summed E-state index contributed by atoms with van der Waals surface area (Å²) in [6.45, 7) is 16.0. The smallest absolute Gasteiger partial charge is 0.161 e. The van der Waals surface area contributed by atoms with Crippen LogP contribution in [0.5, 0.6) is 11.5 Å². The van der Waals surface area contributed by atoms with Crippen molar-refractivity contribution < 1.29 is 9.47 Å². The van der Waals surface area contributed by atoms with Crippen molar-refractivity contribution in [2.45, 2.75) is 41.0 Å². The van der Waals surface area contributed by atoms with Crippen molar-refractivity contribution in [1.29, 1.82) is 0 Å². The Morgan fingerprint density at radius 1 is 0.952 bits per heavy atom. The van der Waals surface area contributed by atoms with Crippen molar-refractivity contribution in [2.75, 3.05) is 13.2 Å². The zero-order valence-electron chi connectivity index (χ0n) is 14.2. The van der Waals surface area contributed by atoms with Crippen LogP contribution in [0, 0.1) is 17.8 Å². The normalized spacial score (nSPS) is 12.5. The molecule has 0 aliphatic heterocycles. The SMILES string of the molecule is C=CC(C)Cc1ccc(OCC(C)C)c(OCC(C)C)c1. The number of ether oxygens (including phenoxy) is 2. The third kappa shape index (κ3) is 6.70. The number of hydrogen-bond donors (Lipinski definition) is 0. The molecule has 118 valence electrons. The van der Waals surface area contributed by atoms with Crippen molar-refractivity contribution in [3.63, 3.8) is 0 Å². The minimum absolute atomic E-state index is 0.463. The highest BCUT2D eigenvalue weighted by Gasteiger charge is 2.10. The van der Waals surface area contributed by atoms with E-state index in [1.54, 1.807) is 0 Å². The van der Waals surface area contributed by atoms with Crippen LogP contribution < -0.4 is 9.47 Å². The summed E-state index contributed by atoms with van der Waals surface area (Å²) in [7, 11) is 0. The Bertz CT molecular complexity index is 435. The number of rotatable bonds is 9. The van der Waals surface area contributed by atoms with E-state index in [4.69, 9.17) is 9.47 Å². The molecule has 1 aromatic rings. The molecule has 0 aliphatic rings. The zero-order valence-corrected chi connectivity index (χ0v) is 14.2. The van der Waals surface area contributed by atoms with Crippen molar-refractivity contribution >= 4 is 0 Å².